The molecule has 2 atom stereocenters. The van der Waals surface area contributed by atoms with Gasteiger partial charge in [-0.05, 0) is 24.2 Å². The molecule has 0 heterocycles. The highest BCUT2D eigenvalue weighted by atomic mass is 16.4. The van der Waals surface area contributed by atoms with Crippen LogP contribution in [-0.4, -0.2) is 28.9 Å². The molecule has 0 radical (unpaired) electrons. The van der Waals surface area contributed by atoms with Crippen LogP contribution >= 0.6 is 0 Å². The molecule has 0 fully saturated rings. The number of hydrogen-bond donors (Lipinski definition) is 3. The second kappa shape index (κ2) is 7.87. The Balaban J connectivity index is 4.32. The van der Waals surface area contributed by atoms with Crippen molar-refractivity contribution in [2.45, 2.75) is 59.4 Å². The van der Waals surface area contributed by atoms with Crippen molar-refractivity contribution >= 4 is 17.8 Å². The Morgan fingerprint density at radius 1 is 1.25 bits per heavy atom. The summed E-state index contributed by atoms with van der Waals surface area (Å²) in [6.07, 6.45) is 1.11. The van der Waals surface area contributed by atoms with Crippen LogP contribution in [0.15, 0.2) is 0 Å². The first-order valence-electron chi connectivity index (χ1n) is 6.81. The quantitative estimate of drug-likeness (QED) is 0.624. The van der Waals surface area contributed by atoms with Gasteiger partial charge < -0.3 is 16.2 Å². The summed E-state index contributed by atoms with van der Waals surface area (Å²) in [5, 5.41) is 11.4. The molecule has 116 valence electrons. The topological polar surface area (TPSA) is 109 Å². The van der Waals surface area contributed by atoms with Gasteiger partial charge in [-0.15, -0.1) is 0 Å². The lowest BCUT2D eigenvalue weighted by Gasteiger charge is -2.23. The van der Waals surface area contributed by atoms with Crippen LogP contribution < -0.4 is 11.1 Å². The number of rotatable bonds is 8. The molecule has 0 aromatic heterocycles. The second-order valence-electron chi connectivity index (χ2n) is 6.54. The number of carboxylic acid groups (broad SMARTS) is 1. The maximum Gasteiger partial charge on any atom is 0.326 e. The number of hydrogen-bond acceptors (Lipinski definition) is 3. The van der Waals surface area contributed by atoms with Crippen LogP contribution in [-0.2, 0) is 14.4 Å². The molecule has 6 heteroatoms. The predicted octanol–water partition coefficient (Wildman–Crippen LogP) is 1.28. The Kier molecular flexibility index (Phi) is 7.24. The lowest BCUT2D eigenvalue weighted by molar-refractivity contribution is -0.142. The summed E-state index contributed by atoms with van der Waals surface area (Å²) in [6.45, 7) is 8.24. The van der Waals surface area contributed by atoms with Gasteiger partial charge in [-0.3, -0.25) is 9.59 Å². The highest BCUT2D eigenvalue weighted by Gasteiger charge is 2.23. The van der Waals surface area contributed by atoms with Crippen molar-refractivity contribution in [2.75, 3.05) is 0 Å². The third-order valence-electron chi connectivity index (χ3n) is 2.81. The van der Waals surface area contributed by atoms with E-state index in [1.54, 1.807) is 0 Å². The summed E-state index contributed by atoms with van der Waals surface area (Å²) in [7, 11) is 0. The van der Waals surface area contributed by atoms with Crippen molar-refractivity contribution in [2.24, 2.45) is 17.1 Å². The summed E-state index contributed by atoms with van der Waals surface area (Å²) in [6, 6.07) is -1.06. The minimum atomic E-state index is -1.15. The van der Waals surface area contributed by atoms with Crippen molar-refractivity contribution in [1.82, 2.24) is 5.32 Å². The van der Waals surface area contributed by atoms with E-state index >= 15 is 0 Å². The first kappa shape index (κ1) is 18.4. The molecule has 4 N–H and O–H groups in total. The molecule has 0 rings (SSSR count). The van der Waals surface area contributed by atoms with Crippen LogP contribution in [0.5, 0.6) is 0 Å². The van der Waals surface area contributed by atoms with Gasteiger partial charge in [0, 0.05) is 12.8 Å². The fourth-order valence-corrected chi connectivity index (χ4v) is 2.23. The molecule has 0 aliphatic heterocycles. The molecule has 2 amide bonds. The maximum absolute atomic E-state index is 11.8. The van der Waals surface area contributed by atoms with E-state index in [4.69, 9.17) is 10.8 Å². The summed E-state index contributed by atoms with van der Waals surface area (Å²) in [5.74, 6) is -1.87. The number of carboxylic acids is 1. The van der Waals surface area contributed by atoms with Crippen molar-refractivity contribution < 1.29 is 19.5 Å². The second-order valence-corrected chi connectivity index (χ2v) is 6.54. The predicted molar refractivity (Wildman–Crippen MR) is 75.8 cm³/mol. The first-order chi connectivity index (χ1) is 9.01. The van der Waals surface area contributed by atoms with Gasteiger partial charge in [-0.2, -0.15) is 0 Å². The monoisotopic (exact) mass is 286 g/mol. The number of nitrogens with one attached hydrogen (secondary N) is 1. The zero-order chi connectivity index (χ0) is 15.9. The van der Waals surface area contributed by atoms with Gasteiger partial charge in [0.15, 0.2) is 0 Å². The lowest BCUT2D eigenvalue weighted by atomic mass is 9.84. The molecular weight excluding hydrogens is 260 g/mol. The average molecular weight is 286 g/mol. The summed E-state index contributed by atoms with van der Waals surface area (Å²) < 4.78 is 0. The van der Waals surface area contributed by atoms with Crippen LogP contribution in [0, 0.1) is 11.3 Å². The molecule has 0 aliphatic rings. The van der Waals surface area contributed by atoms with E-state index in [0.29, 0.717) is 0 Å². The fraction of sp³-hybridized carbons (Fsp3) is 0.786. The molecule has 0 saturated heterocycles. The van der Waals surface area contributed by atoms with E-state index < -0.39 is 17.9 Å². The highest BCUT2D eigenvalue weighted by Crippen LogP contribution is 2.25. The zero-order valence-corrected chi connectivity index (χ0v) is 12.7. The van der Waals surface area contributed by atoms with Crippen molar-refractivity contribution in [3.63, 3.8) is 0 Å². The molecule has 0 aromatic carbocycles. The van der Waals surface area contributed by atoms with Gasteiger partial charge in [0.2, 0.25) is 11.8 Å². The van der Waals surface area contributed by atoms with Gasteiger partial charge in [0.05, 0.1) is 0 Å². The third kappa shape index (κ3) is 9.35. The smallest absolute Gasteiger partial charge is 0.326 e. The number of primary amides is 1. The minimum Gasteiger partial charge on any atom is -0.480 e. The summed E-state index contributed by atoms with van der Waals surface area (Å²) >= 11 is 0. The van der Waals surface area contributed by atoms with Gasteiger partial charge in [-0.1, -0.05) is 27.7 Å². The van der Waals surface area contributed by atoms with E-state index in [1.165, 1.54) is 0 Å². The van der Waals surface area contributed by atoms with E-state index in [-0.39, 0.29) is 36.5 Å². The largest absolute Gasteiger partial charge is 0.480 e. The van der Waals surface area contributed by atoms with E-state index in [1.807, 2.05) is 6.92 Å². The van der Waals surface area contributed by atoms with Crippen LogP contribution in [0.2, 0.25) is 0 Å². The van der Waals surface area contributed by atoms with Crippen molar-refractivity contribution in [1.29, 1.82) is 0 Å². The van der Waals surface area contributed by atoms with E-state index in [9.17, 15) is 14.4 Å². The summed E-state index contributed by atoms with van der Waals surface area (Å²) in [4.78, 5) is 33.5. The lowest BCUT2D eigenvalue weighted by Crippen LogP contribution is -2.42. The van der Waals surface area contributed by atoms with Gasteiger partial charge in [0.1, 0.15) is 6.04 Å². The molecule has 0 bridgehead atoms. The Labute approximate surface area is 120 Å². The molecule has 0 aliphatic carbocycles. The fourth-order valence-electron chi connectivity index (χ4n) is 2.23. The molecule has 1 unspecified atom stereocenters. The average Bonchev–Trinajstić information content (AvgIpc) is 2.20. The number of amides is 2. The van der Waals surface area contributed by atoms with Gasteiger partial charge in [-0.25, -0.2) is 4.79 Å². The number of carbonyl (C=O) groups excluding carboxylic acids is 2. The zero-order valence-electron chi connectivity index (χ0n) is 12.7. The van der Waals surface area contributed by atoms with Crippen LogP contribution in [0.25, 0.3) is 0 Å². The molecule has 0 aromatic rings. The van der Waals surface area contributed by atoms with Crippen molar-refractivity contribution in [3.8, 4) is 0 Å². The van der Waals surface area contributed by atoms with Crippen molar-refractivity contribution in [3.05, 3.63) is 0 Å². The normalized spacial score (nSPS) is 14.4. The molecule has 0 saturated carbocycles. The van der Waals surface area contributed by atoms with Crippen LogP contribution in [0.4, 0.5) is 0 Å². The number of aliphatic carboxylic acids is 1. The highest BCUT2D eigenvalue weighted by molar-refractivity contribution is 5.84. The Bertz CT molecular complexity index is 361. The third-order valence-corrected chi connectivity index (χ3v) is 2.81. The van der Waals surface area contributed by atoms with Crippen LogP contribution in [0.3, 0.4) is 0 Å². The number of carbonyl (C=O) groups is 3. The molecule has 0 spiro atoms. The van der Waals surface area contributed by atoms with Gasteiger partial charge in [0.25, 0.3) is 0 Å². The Hall–Kier alpha value is -1.59. The molecular formula is C14H26N2O4. The first-order valence-corrected chi connectivity index (χ1v) is 6.81. The molecule has 20 heavy (non-hydrogen) atoms. The van der Waals surface area contributed by atoms with Gasteiger partial charge >= 0.3 is 5.97 Å². The summed E-state index contributed by atoms with van der Waals surface area (Å²) in [5.41, 5.74) is 5.10. The maximum atomic E-state index is 11.8. The minimum absolute atomic E-state index is 0.0179. The SMILES string of the molecule is CC(CC(=O)N[C@H](CCC(N)=O)C(=O)O)CC(C)(C)C. The standard InChI is InChI=1S/C14H26N2O4/c1-9(8-14(2,3)4)7-12(18)16-10(13(19)20)5-6-11(15)17/h9-10H,5-8H2,1-4H3,(H2,15,17)(H,16,18)(H,19,20)/t9?,10-/m1/s1. The Morgan fingerprint density at radius 3 is 2.20 bits per heavy atom. The van der Waals surface area contributed by atoms with E-state index in [0.717, 1.165) is 6.42 Å². The number of nitrogens with two attached hydrogens (primary N) is 1. The van der Waals surface area contributed by atoms with Crippen LogP contribution in [0.1, 0.15) is 53.4 Å². The molecule has 6 nitrogen and oxygen atoms in total. The van der Waals surface area contributed by atoms with E-state index in [2.05, 4.69) is 26.1 Å². The Morgan fingerprint density at radius 2 is 1.80 bits per heavy atom.